The van der Waals surface area contributed by atoms with E-state index in [1.54, 1.807) is 11.8 Å². The molecule has 0 aliphatic carbocycles. The van der Waals surface area contributed by atoms with Crippen LogP contribution in [0.3, 0.4) is 0 Å². The number of aryl methyl sites for hydroxylation is 1. The fourth-order valence-electron chi connectivity index (χ4n) is 5.08. The summed E-state index contributed by atoms with van der Waals surface area (Å²) in [7, 11) is 0. The molecule has 3 aromatic carbocycles. The summed E-state index contributed by atoms with van der Waals surface area (Å²) in [6.07, 6.45) is -0.700. The maximum absolute atomic E-state index is 12.8. The number of halogens is 3. The maximum atomic E-state index is 12.8. The van der Waals surface area contributed by atoms with Crippen molar-refractivity contribution in [1.29, 1.82) is 0 Å². The quantitative estimate of drug-likeness (QED) is 0.188. The number of nitrogens with zero attached hydrogens (tertiary/aromatic N) is 5. The van der Waals surface area contributed by atoms with E-state index in [2.05, 4.69) is 62.9 Å². The van der Waals surface area contributed by atoms with E-state index in [0.29, 0.717) is 24.0 Å². The number of amides is 2. The highest BCUT2D eigenvalue weighted by Gasteiger charge is 2.31. The Hall–Kier alpha value is -4.32. The molecule has 1 aliphatic heterocycles. The summed E-state index contributed by atoms with van der Waals surface area (Å²) in [5.74, 6) is 1.47. The van der Waals surface area contributed by atoms with Crippen molar-refractivity contribution in [3.63, 3.8) is 0 Å². The summed E-state index contributed by atoms with van der Waals surface area (Å²) in [6, 6.07) is 21.5. The van der Waals surface area contributed by atoms with Crippen LogP contribution in [0.4, 0.5) is 23.7 Å². The number of carbonyl (C=O) groups excluding carboxylic acids is 1. The summed E-state index contributed by atoms with van der Waals surface area (Å²) in [5.41, 5.74) is 4.81. The molecule has 45 heavy (non-hydrogen) atoms. The van der Waals surface area contributed by atoms with Crippen molar-refractivity contribution in [2.45, 2.75) is 58.4 Å². The van der Waals surface area contributed by atoms with Gasteiger partial charge in [-0.05, 0) is 73.6 Å². The average Bonchev–Trinajstić information content (AvgIpc) is 3.50. The van der Waals surface area contributed by atoms with Crippen LogP contribution in [0.2, 0.25) is 0 Å². The predicted molar refractivity (Wildman–Crippen MR) is 172 cm³/mol. The lowest BCUT2D eigenvalue weighted by atomic mass is 9.99. The zero-order chi connectivity index (χ0) is 32.0. The molecule has 4 aromatic rings. The number of hydrogen-bond donors (Lipinski definition) is 1. The molecule has 0 saturated carbocycles. The summed E-state index contributed by atoms with van der Waals surface area (Å²) < 4.78 is 42.6. The van der Waals surface area contributed by atoms with Gasteiger partial charge in [0.1, 0.15) is 12.1 Å². The number of benzene rings is 3. The predicted octanol–water partition coefficient (Wildman–Crippen LogP) is 7.99. The van der Waals surface area contributed by atoms with E-state index in [4.69, 9.17) is 0 Å². The van der Waals surface area contributed by atoms with Crippen LogP contribution in [0.1, 0.15) is 50.7 Å². The van der Waals surface area contributed by atoms with Crippen LogP contribution in [0.15, 0.2) is 84.1 Å². The molecule has 1 unspecified atom stereocenters. The van der Waals surface area contributed by atoms with Crippen molar-refractivity contribution >= 4 is 28.6 Å². The number of thioether (sulfide) groups is 1. The normalized spacial score (nSPS) is 16.3. The molecule has 1 atom stereocenters. The number of nitrogens with one attached hydrogen (secondary N) is 1. The lowest BCUT2D eigenvalue weighted by Gasteiger charge is -2.37. The van der Waals surface area contributed by atoms with Crippen LogP contribution >= 0.6 is 11.8 Å². The molecule has 1 aromatic heterocycles. The lowest BCUT2D eigenvalue weighted by molar-refractivity contribution is -0.274. The van der Waals surface area contributed by atoms with E-state index in [9.17, 15) is 18.0 Å². The Kier molecular flexibility index (Phi) is 10.1. The third-order valence-electron chi connectivity index (χ3n) is 7.39. The first kappa shape index (κ1) is 32.1. The smallest absolute Gasteiger partial charge is 0.406 e. The number of rotatable bonds is 9. The van der Waals surface area contributed by atoms with Gasteiger partial charge in [0.15, 0.2) is 11.0 Å². The summed E-state index contributed by atoms with van der Waals surface area (Å²) in [4.78, 5) is 23.8. The molecular formula is C33H35F3N6O2S. The van der Waals surface area contributed by atoms with E-state index in [1.165, 1.54) is 40.8 Å². The van der Waals surface area contributed by atoms with Crippen LogP contribution in [0.5, 0.6) is 5.75 Å². The Morgan fingerprint density at radius 2 is 1.82 bits per heavy atom. The molecule has 8 nitrogen and oxygen atoms in total. The lowest BCUT2D eigenvalue weighted by Crippen LogP contribution is -2.42. The topological polar surface area (TPSA) is 84.6 Å². The zero-order valence-corrected chi connectivity index (χ0v) is 26.1. The van der Waals surface area contributed by atoms with Gasteiger partial charge in [-0.2, -0.15) is 4.99 Å². The Labute approximate surface area is 264 Å². The van der Waals surface area contributed by atoms with E-state index >= 15 is 0 Å². The van der Waals surface area contributed by atoms with Gasteiger partial charge < -0.3 is 15.0 Å². The number of amidine groups is 1. The molecule has 1 saturated heterocycles. The average molecular weight is 637 g/mol. The zero-order valence-electron chi connectivity index (χ0n) is 25.3. The number of aromatic nitrogens is 3. The van der Waals surface area contributed by atoms with Crippen molar-refractivity contribution < 1.29 is 22.7 Å². The molecule has 2 heterocycles. The Balaban J connectivity index is 1.13. The number of hydrogen-bond acceptors (Lipinski definition) is 5. The largest absolute Gasteiger partial charge is 0.573 e. The second kappa shape index (κ2) is 14.2. The van der Waals surface area contributed by atoms with Crippen LogP contribution in [0.25, 0.3) is 17.1 Å². The number of para-hydroxylation sites is 1. The number of urea groups is 1. The highest BCUT2D eigenvalue weighted by atomic mass is 32.2. The second-order valence-electron chi connectivity index (χ2n) is 11.1. The van der Waals surface area contributed by atoms with E-state index in [-0.39, 0.29) is 17.8 Å². The minimum Gasteiger partial charge on any atom is -0.406 e. The highest BCUT2D eigenvalue weighted by molar-refractivity contribution is 8.14. The molecule has 0 spiro atoms. The fourth-order valence-corrected chi connectivity index (χ4v) is 6.29. The molecule has 1 aliphatic rings. The fraction of sp³-hybridized carbons (Fsp3) is 0.333. The van der Waals surface area contributed by atoms with Gasteiger partial charge in [0.2, 0.25) is 0 Å². The first-order chi connectivity index (χ1) is 21.6. The van der Waals surface area contributed by atoms with Crippen molar-refractivity contribution in [1.82, 2.24) is 20.1 Å². The molecular weight excluding hydrogens is 601 g/mol. The Morgan fingerprint density at radius 3 is 2.53 bits per heavy atom. The first-order valence-electron chi connectivity index (χ1n) is 14.8. The third-order valence-corrected chi connectivity index (χ3v) is 8.37. The van der Waals surface area contributed by atoms with E-state index < -0.39 is 6.36 Å². The third kappa shape index (κ3) is 8.44. The van der Waals surface area contributed by atoms with Gasteiger partial charge in [-0.3, -0.25) is 0 Å². The molecule has 0 radical (unpaired) electrons. The summed E-state index contributed by atoms with van der Waals surface area (Å²) >= 11 is 1.62. The van der Waals surface area contributed by atoms with Crippen LogP contribution < -0.4 is 15.0 Å². The Morgan fingerprint density at radius 1 is 1.09 bits per heavy atom. The number of aliphatic imine (C=N–C) groups is 1. The van der Waals surface area contributed by atoms with Crippen LogP contribution in [0, 0.1) is 0 Å². The molecule has 12 heteroatoms. The van der Waals surface area contributed by atoms with Crippen LogP contribution in [-0.2, 0) is 6.42 Å². The number of alkyl halides is 3. The van der Waals surface area contributed by atoms with Gasteiger partial charge >= 0.3 is 12.4 Å². The van der Waals surface area contributed by atoms with Gasteiger partial charge in [0.05, 0.1) is 5.69 Å². The molecule has 2 amide bonds. The minimum atomic E-state index is -4.74. The maximum Gasteiger partial charge on any atom is 0.573 e. The van der Waals surface area contributed by atoms with Crippen molar-refractivity contribution in [2.75, 3.05) is 17.2 Å². The summed E-state index contributed by atoms with van der Waals surface area (Å²) in [5, 5.41) is 8.12. The highest BCUT2D eigenvalue weighted by Crippen LogP contribution is 2.34. The van der Waals surface area contributed by atoms with E-state index in [1.807, 2.05) is 36.4 Å². The van der Waals surface area contributed by atoms with Crippen molar-refractivity contribution in [3.8, 4) is 22.8 Å². The minimum absolute atomic E-state index is 0.248. The van der Waals surface area contributed by atoms with Gasteiger partial charge in [-0.25, -0.2) is 14.5 Å². The SMILES string of the molecule is CC(C)c1ccccc1N1/C(=N/C(=O)NCCCc2ccc(-c3ncn(-c4ccc(OC(F)(F)F)cc4)n3)cc2)SCCC1C. The van der Waals surface area contributed by atoms with Gasteiger partial charge in [0, 0.05) is 29.6 Å². The molecule has 5 rings (SSSR count). The number of ether oxygens (including phenoxy) is 1. The van der Waals surface area contributed by atoms with Gasteiger partial charge in [-0.1, -0.05) is 68.1 Å². The number of carbonyl (C=O) groups is 1. The molecule has 1 fully saturated rings. The molecule has 1 N–H and O–H groups in total. The van der Waals surface area contributed by atoms with Crippen LogP contribution in [-0.4, -0.2) is 50.7 Å². The monoisotopic (exact) mass is 636 g/mol. The van der Waals surface area contributed by atoms with Crippen molar-refractivity contribution in [3.05, 3.63) is 90.3 Å². The van der Waals surface area contributed by atoms with Gasteiger partial charge in [0.25, 0.3) is 0 Å². The summed E-state index contributed by atoms with van der Waals surface area (Å²) in [6.45, 7) is 7.03. The standard InChI is InChI=1S/C33H35F3N6O2S/c1-22(2)28-8-4-5-9-29(28)42-23(3)18-20-45-32(42)39-31(43)37-19-6-7-24-10-12-25(13-11-24)30-38-21-41(40-30)26-14-16-27(17-15-26)44-33(34,35)36/h4-5,8-17,21-23H,6-7,18-20H2,1-3H3,(H,37,43)/b39-32-. The molecule has 0 bridgehead atoms. The second-order valence-corrected chi connectivity index (χ2v) is 12.1. The number of anilines is 1. The molecule has 236 valence electrons. The Bertz CT molecular complexity index is 1620. The first-order valence-corrected chi connectivity index (χ1v) is 15.8. The van der Waals surface area contributed by atoms with E-state index in [0.717, 1.165) is 47.0 Å². The van der Waals surface area contributed by atoms with Crippen molar-refractivity contribution in [2.24, 2.45) is 4.99 Å². The van der Waals surface area contributed by atoms with Gasteiger partial charge in [-0.15, -0.1) is 18.3 Å².